The molecule has 5 N–H and O–H groups in total. The molecule has 13 nitrogen and oxygen atoms in total. The summed E-state index contributed by atoms with van der Waals surface area (Å²) in [4.78, 5) is 66.4. The van der Waals surface area contributed by atoms with Crippen LogP contribution in [0, 0.1) is 5.92 Å². The number of piperidine rings is 1. The van der Waals surface area contributed by atoms with Crippen molar-refractivity contribution in [1.29, 1.82) is 0 Å². The zero-order chi connectivity index (χ0) is 28.3. The van der Waals surface area contributed by atoms with Crippen LogP contribution in [-0.2, 0) is 20.3 Å². The fraction of sp³-hybridized carbons (Fsp3) is 0.583. The maximum absolute atomic E-state index is 13.6. The molecule has 1 aromatic heterocycles. The first-order valence-electron chi connectivity index (χ1n) is 12.9. The van der Waals surface area contributed by atoms with Crippen molar-refractivity contribution in [2.45, 2.75) is 56.7 Å². The third-order valence-corrected chi connectivity index (χ3v) is 10.9. The average Bonchev–Trinajstić information content (AvgIpc) is 3.62. The van der Waals surface area contributed by atoms with E-state index in [4.69, 9.17) is 4.74 Å². The first-order valence-corrected chi connectivity index (χ1v) is 16.3. The van der Waals surface area contributed by atoms with Gasteiger partial charge in [0.1, 0.15) is 5.56 Å². The van der Waals surface area contributed by atoms with Crippen molar-refractivity contribution in [1.82, 2.24) is 9.88 Å². The van der Waals surface area contributed by atoms with E-state index in [2.05, 4.69) is 15.0 Å². The molecule has 2 aromatic rings. The fourth-order valence-electron chi connectivity index (χ4n) is 5.85. The van der Waals surface area contributed by atoms with Crippen LogP contribution in [0.1, 0.15) is 54.6 Å². The normalized spacial score (nSPS) is 21.9. The Bertz CT molecular complexity index is 1420. The van der Waals surface area contributed by atoms with Crippen molar-refractivity contribution in [2.75, 3.05) is 31.6 Å². The minimum Gasteiger partial charge on any atom is -0.492 e. The number of nitrogens with one attached hydrogen (secondary N) is 1. The number of hydrogen-bond donors (Lipinski definition) is 5. The van der Waals surface area contributed by atoms with Gasteiger partial charge in [0.25, 0.3) is 0 Å². The summed E-state index contributed by atoms with van der Waals surface area (Å²) < 4.78 is 35.6. The molecule has 3 aliphatic rings. The van der Waals surface area contributed by atoms with Crippen LogP contribution >= 0.6 is 15.2 Å². The third-order valence-electron chi connectivity index (χ3n) is 7.77. The number of anilines is 1. The van der Waals surface area contributed by atoms with Gasteiger partial charge < -0.3 is 43.8 Å². The number of carbonyl (C=O) groups excluding carboxylic acids is 1. The van der Waals surface area contributed by atoms with Crippen molar-refractivity contribution < 1.29 is 43.0 Å². The number of esters is 1. The first-order chi connectivity index (χ1) is 18.3. The van der Waals surface area contributed by atoms with Crippen molar-refractivity contribution in [3.05, 3.63) is 33.6 Å². The Morgan fingerprint density at radius 3 is 2.41 bits per heavy atom. The molecule has 214 valence electrons. The van der Waals surface area contributed by atoms with Gasteiger partial charge in [0, 0.05) is 31.4 Å². The SMILES string of the molecule is CCc1cc2c(=O)c(C(=O)OC(P(=O)(O)O)P(=O)(O)O)cn(C3CC3)c2c(OC)c1N1CC2CCCN[C@H]2C1. The third kappa shape index (κ3) is 5.29. The monoisotopic (exact) mass is 585 g/mol. The number of ether oxygens (including phenoxy) is 2. The fourth-order valence-corrected chi connectivity index (χ4v) is 7.88. The van der Waals surface area contributed by atoms with Crippen LogP contribution in [-0.4, -0.2) is 68.5 Å². The van der Waals surface area contributed by atoms with Crippen molar-refractivity contribution in [3.63, 3.8) is 0 Å². The van der Waals surface area contributed by atoms with Gasteiger partial charge in [0.05, 0.1) is 23.7 Å². The second-order valence-corrected chi connectivity index (χ2v) is 14.2. The summed E-state index contributed by atoms with van der Waals surface area (Å²) in [6.07, 6.45) is 5.60. The van der Waals surface area contributed by atoms with Crippen LogP contribution in [0.3, 0.4) is 0 Å². The number of nitrogens with zero attached hydrogens (tertiary/aromatic N) is 2. The lowest BCUT2D eigenvalue weighted by molar-refractivity contribution is 0.0467. The predicted molar refractivity (Wildman–Crippen MR) is 142 cm³/mol. The second-order valence-electron chi connectivity index (χ2n) is 10.5. The van der Waals surface area contributed by atoms with Gasteiger partial charge in [0.15, 0.2) is 5.75 Å². The maximum atomic E-state index is 13.6. The minimum absolute atomic E-state index is 0.0592. The smallest absolute Gasteiger partial charge is 0.378 e. The number of fused-ring (bicyclic) bond motifs is 2. The highest BCUT2D eigenvalue weighted by atomic mass is 31.2. The van der Waals surface area contributed by atoms with Crippen LogP contribution in [0.5, 0.6) is 5.75 Å². The molecule has 39 heavy (non-hydrogen) atoms. The summed E-state index contributed by atoms with van der Waals surface area (Å²) in [6.45, 7) is 4.57. The molecular weight excluding hydrogens is 552 g/mol. The molecule has 0 bridgehead atoms. The largest absolute Gasteiger partial charge is 0.492 e. The molecule has 3 heterocycles. The Hall–Kier alpha value is -2.24. The topological polar surface area (TPSA) is 188 Å². The van der Waals surface area contributed by atoms with Crippen LogP contribution in [0.15, 0.2) is 17.1 Å². The zero-order valence-corrected chi connectivity index (χ0v) is 23.4. The van der Waals surface area contributed by atoms with Crippen molar-refractivity contribution in [2.24, 2.45) is 5.92 Å². The van der Waals surface area contributed by atoms with Crippen molar-refractivity contribution in [3.8, 4) is 5.75 Å². The van der Waals surface area contributed by atoms with Gasteiger partial charge in [-0.05, 0) is 56.2 Å². The highest BCUT2D eigenvalue weighted by molar-refractivity contribution is 7.70. The molecule has 0 amide bonds. The lowest BCUT2D eigenvalue weighted by Gasteiger charge is -2.27. The van der Waals surface area contributed by atoms with Gasteiger partial charge >= 0.3 is 26.7 Å². The van der Waals surface area contributed by atoms with E-state index in [-0.39, 0.29) is 11.4 Å². The standard InChI is InChI=1S/C24H33N3O10P2/c1-3-13-9-16-20(22(36-2)19(13)26-10-14-5-4-8-25-18(14)12-26)27(15-6-7-15)11-17(21(16)28)23(29)37-24(38(30,31)32)39(33,34)35/h9,11,14-15,18,24-25H,3-8,10,12H2,1-2H3,(H2,30,31,32)(H2,33,34,35)/t14?,18-/m0/s1. The van der Waals surface area contributed by atoms with Gasteiger partial charge in [-0.2, -0.15) is 0 Å². The summed E-state index contributed by atoms with van der Waals surface area (Å²) >= 11 is 0. The number of rotatable bonds is 8. The molecule has 1 aromatic carbocycles. The molecule has 1 saturated carbocycles. The average molecular weight is 585 g/mol. The Morgan fingerprint density at radius 1 is 1.15 bits per heavy atom. The van der Waals surface area contributed by atoms with E-state index >= 15 is 0 Å². The molecule has 15 heteroatoms. The number of pyridine rings is 1. The number of aromatic nitrogens is 1. The molecule has 0 spiro atoms. The van der Waals surface area contributed by atoms with E-state index in [1.165, 1.54) is 13.3 Å². The lowest BCUT2D eigenvalue weighted by atomic mass is 9.94. The highest BCUT2D eigenvalue weighted by Gasteiger charge is 2.47. The van der Waals surface area contributed by atoms with E-state index in [1.54, 1.807) is 10.6 Å². The minimum atomic E-state index is -5.55. The number of aryl methyl sites for hydroxylation is 1. The maximum Gasteiger partial charge on any atom is 0.378 e. The van der Waals surface area contributed by atoms with E-state index < -0.39 is 37.7 Å². The Morgan fingerprint density at radius 2 is 1.85 bits per heavy atom. The molecule has 0 radical (unpaired) electrons. The summed E-state index contributed by atoms with van der Waals surface area (Å²) in [7, 11) is -9.57. The van der Waals surface area contributed by atoms with E-state index in [0.29, 0.717) is 29.6 Å². The van der Waals surface area contributed by atoms with Gasteiger partial charge in [0.2, 0.25) is 5.43 Å². The molecule has 2 saturated heterocycles. The van der Waals surface area contributed by atoms with Crippen LogP contribution < -0.4 is 20.4 Å². The molecule has 2 aliphatic heterocycles. The van der Waals surface area contributed by atoms with Crippen LogP contribution in [0.25, 0.3) is 10.9 Å². The quantitative estimate of drug-likeness (QED) is 0.224. The van der Waals surface area contributed by atoms with Gasteiger partial charge in [-0.1, -0.05) is 6.92 Å². The Balaban J connectivity index is 1.66. The molecule has 1 unspecified atom stereocenters. The molecule has 2 atom stereocenters. The van der Waals surface area contributed by atoms with E-state index in [9.17, 15) is 38.3 Å². The number of carbonyl (C=O) groups is 1. The predicted octanol–water partition coefficient (Wildman–Crippen LogP) is 1.89. The summed E-state index contributed by atoms with van der Waals surface area (Å²) in [5.41, 5.74) is -2.13. The summed E-state index contributed by atoms with van der Waals surface area (Å²) in [5.74, 6) is -0.512. The number of methoxy groups -OCH3 is 1. The Kier molecular flexibility index (Phi) is 7.47. The molecular formula is C24H33N3O10P2. The summed E-state index contributed by atoms with van der Waals surface area (Å²) in [6, 6.07) is 2.02. The summed E-state index contributed by atoms with van der Waals surface area (Å²) in [5, 5.41) is 3.76. The zero-order valence-electron chi connectivity index (χ0n) is 21.6. The van der Waals surface area contributed by atoms with Crippen molar-refractivity contribution >= 4 is 37.8 Å². The van der Waals surface area contributed by atoms with Gasteiger partial charge in [-0.3, -0.25) is 13.9 Å². The molecule has 1 aliphatic carbocycles. The molecule has 3 fully saturated rings. The highest BCUT2D eigenvalue weighted by Crippen LogP contribution is 2.60. The van der Waals surface area contributed by atoms with Gasteiger partial charge in [-0.15, -0.1) is 0 Å². The molecule has 5 rings (SSSR count). The number of benzene rings is 1. The van der Waals surface area contributed by atoms with Gasteiger partial charge in [-0.25, -0.2) is 4.79 Å². The first kappa shape index (κ1) is 28.3. The lowest BCUT2D eigenvalue weighted by Crippen LogP contribution is -2.40. The Labute approximate surface area is 224 Å². The second kappa shape index (κ2) is 10.3. The van der Waals surface area contributed by atoms with E-state index in [0.717, 1.165) is 56.6 Å². The van der Waals surface area contributed by atoms with Crippen LogP contribution in [0.2, 0.25) is 0 Å². The number of hydrogen-bond acceptors (Lipinski definition) is 8. The van der Waals surface area contributed by atoms with Crippen LogP contribution in [0.4, 0.5) is 5.69 Å². The van der Waals surface area contributed by atoms with E-state index in [1.807, 2.05) is 6.92 Å².